The maximum atomic E-state index is 6.14. The van der Waals surface area contributed by atoms with Gasteiger partial charge in [-0.25, -0.2) is 4.98 Å². The van der Waals surface area contributed by atoms with Gasteiger partial charge in [0.05, 0.1) is 6.54 Å². The van der Waals surface area contributed by atoms with Crippen molar-refractivity contribution in [2.24, 2.45) is 24.6 Å². The summed E-state index contributed by atoms with van der Waals surface area (Å²) in [6.07, 6.45) is 7.55. The largest absolute Gasteiger partial charge is 0.337 e. The molecule has 0 amide bonds. The molecule has 1 fully saturated rings. The lowest BCUT2D eigenvalue weighted by Crippen LogP contribution is -2.55. The highest BCUT2D eigenvalue weighted by Gasteiger charge is 2.39. The Bertz CT molecular complexity index is 414. The van der Waals surface area contributed by atoms with Crippen LogP contribution in [0.1, 0.15) is 38.9 Å². The lowest BCUT2D eigenvalue weighted by molar-refractivity contribution is 0.0328. The minimum Gasteiger partial charge on any atom is -0.337 e. The minimum absolute atomic E-state index is 0.151. The van der Waals surface area contributed by atoms with Gasteiger partial charge in [0.1, 0.15) is 5.82 Å². The second-order valence-corrected chi connectivity index (χ2v) is 6.44. The average Bonchev–Trinajstić information content (AvgIpc) is 2.78. The summed E-state index contributed by atoms with van der Waals surface area (Å²) < 4.78 is 2.09. The van der Waals surface area contributed by atoms with Crippen LogP contribution in [-0.2, 0) is 13.6 Å². The van der Waals surface area contributed by atoms with Gasteiger partial charge in [-0.15, -0.1) is 0 Å². The second-order valence-electron chi connectivity index (χ2n) is 6.44. The minimum atomic E-state index is 0.151. The van der Waals surface area contributed by atoms with Gasteiger partial charge in [0.25, 0.3) is 0 Å². The quantitative estimate of drug-likeness (QED) is 0.905. The Morgan fingerprint density at radius 1 is 1.47 bits per heavy atom. The first-order valence-electron chi connectivity index (χ1n) is 7.36. The van der Waals surface area contributed by atoms with Crippen LogP contribution in [0.25, 0.3) is 0 Å². The van der Waals surface area contributed by atoms with Gasteiger partial charge in [0.2, 0.25) is 0 Å². The summed E-state index contributed by atoms with van der Waals surface area (Å²) in [6.45, 7) is 6.35. The van der Waals surface area contributed by atoms with Crippen LogP contribution in [0.5, 0.6) is 0 Å². The van der Waals surface area contributed by atoms with Crippen LogP contribution in [0.4, 0.5) is 0 Å². The van der Waals surface area contributed by atoms with E-state index in [4.69, 9.17) is 5.73 Å². The van der Waals surface area contributed by atoms with Crippen LogP contribution in [0.3, 0.4) is 0 Å². The SMILES string of the molecule is CC1CCC(CN)(N(C)Cc2nccn2C)CC1C. The number of hydrogen-bond donors (Lipinski definition) is 1. The van der Waals surface area contributed by atoms with Crippen molar-refractivity contribution < 1.29 is 0 Å². The van der Waals surface area contributed by atoms with E-state index in [0.717, 1.165) is 30.7 Å². The third-order valence-corrected chi connectivity index (χ3v) is 5.23. The number of aryl methyl sites for hydroxylation is 1. The Morgan fingerprint density at radius 2 is 2.21 bits per heavy atom. The number of nitrogens with zero attached hydrogens (tertiary/aromatic N) is 3. The molecule has 19 heavy (non-hydrogen) atoms. The van der Waals surface area contributed by atoms with Gasteiger partial charge < -0.3 is 10.3 Å². The standard InChI is InChI=1S/C15H28N4/c1-12-5-6-15(11-16,9-13(12)2)19(4)10-14-17-7-8-18(14)3/h7-8,12-13H,5-6,9-11,16H2,1-4H3. The van der Waals surface area contributed by atoms with E-state index in [1.165, 1.54) is 19.3 Å². The Labute approximate surface area is 117 Å². The fourth-order valence-corrected chi connectivity index (χ4v) is 3.30. The molecule has 1 aliphatic carbocycles. The normalized spacial score (nSPS) is 31.9. The van der Waals surface area contributed by atoms with Crippen LogP contribution in [-0.4, -0.2) is 33.6 Å². The molecule has 0 spiro atoms. The predicted molar refractivity (Wildman–Crippen MR) is 78.6 cm³/mol. The monoisotopic (exact) mass is 264 g/mol. The average molecular weight is 264 g/mol. The van der Waals surface area contributed by atoms with E-state index in [9.17, 15) is 0 Å². The zero-order chi connectivity index (χ0) is 14.0. The molecule has 1 aliphatic rings. The number of aromatic nitrogens is 2. The summed E-state index contributed by atoms with van der Waals surface area (Å²) >= 11 is 0. The molecule has 4 heteroatoms. The molecule has 0 bridgehead atoms. The molecule has 2 rings (SSSR count). The zero-order valence-electron chi connectivity index (χ0n) is 12.8. The number of rotatable bonds is 4. The van der Waals surface area contributed by atoms with Crippen LogP contribution in [0.2, 0.25) is 0 Å². The highest BCUT2D eigenvalue weighted by Crippen LogP contribution is 2.39. The third-order valence-electron chi connectivity index (χ3n) is 5.23. The van der Waals surface area contributed by atoms with E-state index < -0.39 is 0 Å². The molecule has 108 valence electrons. The van der Waals surface area contributed by atoms with E-state index in [0.29, 0.717) is 0 Å². The van der Waals surface area contributed by atoms with Crippen molar-refractivity contribution in [3.8, 4) is 0 Å². The molecule has 0 aliphatic heterocycles. The molecule has 0 saturated heterocycles. The number of likely N-dealkylation sites (N-methyl/N-ethyl adjacent to an activating group) is 1. The van der Waals surface area contributed by atoms with E-state index in [-0.39, 0.29) is 5.54 Å². The maximum Gasteiger partial charge on any atom is 0.122 e. The number of hydrogen-bond acceptors (Lipinski definition) is 3. The van der Waals surface area contributed by atoms with Gasteiger partial charge in [0, 0.05) is 31.5 Å². The van der Waals surface area contributed by atoms with E-state index in [1.54, 1.807) is 0 Å². The lowest BCUT2D eigenvalue weighted by atomic mass is 9.70. The Balaban J connectivity index is 2.10. The first-order valence-corrected chi connectivity index (χ1v) is 7.36. The highest BCUT2D eigenvalue weighted by atomic mass is 15.2. The summed E-state index contributed by atoms with van der Waals surface area (Å²) in [5.41, 5.74) is 6.30. The van der Waals surface area contributed by atoms with Crippen molar-refractivity contribution in [1.82, 2.24) is 14.5 Å². The van der Waals surface area contributed by atoms with Crippen molar-refractivity contribution in [2.75, 3.05) is 13.6 Å². The molecule has 0 radical (unpaired) electrons. The van der Waals surface area contributed by atoms with Gasteiger partial charge in [-0.05, 0) is 38.1 Å². The van der Waals surface area contributed by atoms with Crippen LogP contribution in [0, 0.1) is 11.8 Å². The molecule has 1 saturated carbocycles. The van der Waals surface area contributed by atoms with E-state index in [2.05, 4.69) is 42.4 Å². The topological polar surface area (TPSA) is 47.1 Å². The fourth-order valence-electron chi connectivity index (χ4n) is 3.30. The molecule has 1 aromatic rings. The fraction of sp³-hybridized carbons (Fsp3) is 0.800. The van der Waals surface area contributed by atoms with Crippen molar-refractivity contribution in [2.45, 2.75) is 45.2 Å². The van der Waals surface area contributed by atoms with Crippen molar-refractivity contribution >= 4 is 0 Å². The van der Waals surface area contributed by atoms with E-state index >= 15 is 0 Å². The third kappa shape index (κ3) is 2.84. The Hall–Kier alpha value is -0.870. The molecule has 1 aromatic heterocycles. The van der Waals surface area contributed by atoms with Crippen molar-refractivity contribution in [3.05, 3.63) is 18.2 Å². The first-order chi connectivity index (χ1) is 8.98. The zero-order valence-corrected chi connectivity index (χ0v) is 12.8. The summed E-state index contributed by atoms with van der Waals surface area (Å²) in [6, 6.07) is 0. The number of imidazole rings is 1. The molecular weight excluding hydrogens is 236 g/mol. The Morgan fingerprint density at radius 3 is 2.74 bits per heavy atom. The molecule has 3 atom stereocenters. The summed E-state index contributed by atoms with van der Waals surface area (Å²) in [7, 11) is 4.25. The van der Waals surface area contributed by atoms with Gasteiger partial charge in [-0.2, -0.15) is 0 Å². The van der Waals surface area contributed by atoms with Crippen LogP contribution in [0.15, 0.2) is 12.4 Å². The second kappa shape index (κ2) is 5.63. The summed E-state index contributed by atoms with van der Waals surface area (Å²) in [4.78, 5) is 6.86. The van der Waals surface area contributed by atoms with Gasteiger partial charge in [-0.1, -0.05) is 13.8 Å². The molecule has 0 aromatic carbocycles. The van der Waals surface area contributed by atoms with Gasteiger partial charge >= 0.3 is 0 Å². The van der Waals surface area contributed by atoms with Crippen molar-refractivity contribution in [1.29, 1.82) is 0 Å². The van der Waals surface area contributed by atoms with E-state index in [1.807, 2.05) is 12.4 Å². The summed E-state index contributed by atoms with van der Waals surface area (Å²) in [5, 5.41) is 0. The molecule has 2 N–H and O–H groups in total. The van der Waals surface area contributed by atoms with Gasteiger partial charge in [0.15, 0.2) is 0 Å². The highest BCUT2D eigenvalue weighted by molar-refractivity contribution is 4.99. The Kier molecular flexibility index (Phi) is 4.31. The maximum absolute atomic E-state index is 6.14. The smallest absolute Gasteiger partial charge is 0.122 e. The summed E-state index contributed by atoms with van der Waals surface area (Å²) in [5.74, 6) is 2.68. The number of nitrogens with two attached hydrogens (primary N) is 1. The lowest BCUT2D eigenvalue weighted by Gasteiger charge is -2.48. The van der Waals surface area contributed by atoms with Crippen LogP contribution < -0.4 is 5.73 Å². The molecule has 3 unspecified atom stereocenters. The molecule has 4 nitrogen and oxygen atoms in total. The first kappa shape index (κ1) is 14.5. The molecule has 1 heterocycles. The predicted octanol–water partition coefficient (Wildman–Crippen LogP) is 2.01. The van der Waals surface area contributed by atoms with Gasteiger partial charge in [-0.3, -0.25) is 4.90 Å². The van der Waals surface area contributed by atoms with Crippen molar-refractivity contribution in [3.63, 3.8) is 0 Å². The van der Waals surface area contributed by atoms with Crippen LogP contribution >= 0.6 is 0 Å². The molecular formula is C15H28N4.